The normalized spacial score (nSPS) is 20.8. The zero-order chi connectivity index (χ0) is 18.6. The predicted octanol–water partition coefficient (Wildman–Crippen LogP) is 2.84. The zero-order valence-corrected chi connectivity index (χ0v) is 16.6. The number of hydrogen-bond acceptors (Lipinski definition) is 5. The van der Waals surface area contributed by atoms with Gasteiger partial charge in [0.05, 0.1) is 4.92 Å². The van der Waals surface area contributed by atoms with Crippen LogP contribution in [-0.2, 0) is 0 Å². The third-order valence-corrected chi connectivity index (χ3v) is 4.71. The Morgan fingerprint density at radius 1 is 1.35 bits per heavy atom. The molecular weight excluding hydrogens is 356 g/mol. The van der Waals surface area contributed by atoms with Crippen LogP contribution in [0.1, 0.15) is 37.6 Å². The second-order valence-electron chi connectivity index (χ2n) is 7.21. The van der Waals surface area contributed by atoms with Gasteiger partial charge in [0.25, 0.3) is 11.6 Å². The van der Waals surface area contributed by atoms with Crippen LogP contribution in [-0.4, -0.2) is 43.6 Å². The van der Waals surface area contributed by atoms with Crippen LogP contribution in [0.4, 0.5) is 11.4 Å². The quantitative estimate of drug-likeness (QED) is 0.581. The molecular formula is C18H29ClN4O3. The van der Waals surface area contributed by atoms with Crippen molar-refractivity contribution in [3.05, 3.63) is 33.9 Å². The second kappa shape index (κ2) is 9.73. The van der Waals surface area contributed by atoms with E-state index in [0.29, 0.717) is 29.6 Å². The van der Waals surface area contributed by atoms with Gasteiger partial charge in [-0.05, 0) is 44.4 Å². The lowest BCUT2D eigenvalue weighted by molar-refractivity contribution is -0.384. The first-order valence-corrected chi connectivity index (χ1v) is 8.80. The number of piperidine rings is 1. The monoisotopic (exact) mass is 384 g/mol. The van der Waals surface area contributed by atoms with Gasteiger partial charge in [0.15, 0.2) is 0 Å². The van der Waals surface area contributed by atoms with E-state index in [1.165, 1.54) is 6.07 Å². The molecule has 1 fully saturated rings. The predicted molar refractivity (Wildman–Crippen MR) is 106 cm³/mol. The van der Waals surface area contributed by atoms with Crippen molar-refractivity contribution < 1.29 is 9.72 Å². The molecule has 1 heterocycles. The molecule has 0 radical (unpaired) electrons. The van der Waals surface area contributed by atoms with Crippen molar-refractivity contribution in [3.8, 4) is 0 Å². The fourth-order valence-corrected chi connectivity index (χ4v) is 3.39. The average molecular weight is 385 g/mol. The molecule has 0 bridgehead atoms. The Kier molecular flexibility index (Phi) is 8.30. The van der Waals surface area contributed by atoms with Gasteiger partial charge < -0.3 is 15.5 Å². The van der Waals surface area contributed by atoms with E-state index in [2.05, 4.69) is 29.4 Å². The summed E-state index contributed by atoms with van der Waals surface area (Å²) in [5.41, 5.74) is 0.913. The summed E-state index contributed by atoms with van der Waals surface area (Å²) in [5.74, 6) is 0.695. The number of carbonyl (C=O) groups excluding carboxylic acids is 1. The molecule has 1 aromatic carbocycles. The molecule has 26 heavy (non-hydrogen) atoms. The van der Waals surface area contributed by atoms with Gasteiger partial charge in [0, 0.05) is 37.3 Å². The number of anilines is 1. The highest BCUT2D eigenvalue weighted by Gasteiger charge is 2.27. The summed E-state index contributed by atoms with van der Waals surface area (Å²) in [6, 6.07) is 4.90. The largest absolute Gasteiger partial charge is 0.365 e. The molecule has 1 saturated heterocycles. The summed E-state index contributed by atoms with van der Waals surface area (Å²) in [6.45, 7) is 8.35. The maximum absolute atomic E-state index is 12.3. The molecule has 3 atom stereocenters. The minimum absolute atomic E-state index is 0. The van der Waals surface area contributed by atoms with Crippen LogP contribution in [0.15, 0.2) is 18.2 Å². The fraction of sp³-hybridized carbons (Fsp3) is 0.611. The summed E-state index contributed by atoms with van der Waals surface area (Å²) in [6.07, 6.45) is 1.13. The third kappa shape index (κ3) is 5.57. The lowest BCUT2D eigenvalue weighted by Crippen LogP contribution is -2.39. The van der Waals surface area contributed by atoms with Crippen LogP contribution in [0.2, 0.25) is 0 Å². The van der Waals surface area contributed by atoms with Crippen LogP contribution in [0.3, 0.4) is 0 Å². The summed E-state index contributed by atoms with van der Waals surface area (Å²) >= 11 is 0. The van der Waals surface area contributed by atoms with Crippen LogP contribution >= 0.6 is 12.4 Å². The van der Waals surface area contributed by atoms with Gasteiger partial charge in [-0.15, -0.1) is 12.4 Å². The molecule has 1 aromatic rings. The minimum atomic E-state index is -0.397. The Morgan fingerprint density at radius 3 is 2.50 bits per heavy atom. The molecule has 2 rings (SSSR count). The molecule has 2 N–H and O–H groups in total. The minimum Gasteiger partial charge on any atom is -0.365 e. The average Bonchev–Trinajstić information content (AvgIpc) is 2.57. The van der Waals surface area contributed by atoms with E-state index in [1.54, 1.807) is 12.1 Å². The summed E-state index contributed by atoms with van der Waals surface area (Å²) in [5, 5.41) is 17.4. The number of likely N-dealkylation sites (N-methyl/N-ethyl adjacent to an activating group) is 1. The van der Waals surface area contributed by atoms with Gasteiger partial charge in [-0.3, -0.25) is 14.9 Å². The van der Waals surface area contributed by atoms with E-state index in [4.69, 9.17) is 0 Å². The number of amides is 1. The Balaban J connectivity index is 0.00000338. The molecule has 146 valence electrons. The lowest BCUT2D eigenvalue weighted by Gasteiger charge is -2.36. The van der Waals surface area contributed by atoms with E-state index in [-0.39, 0.29) is 30.0 Å². The van der Waals surface area contributed by atoms with Crippen molar-refractivity contribution in [2.45, 2.75) is 33.2 Å². The number of nitrogens with zero attached hydrogens (tertiary/aromatic N) is 2. The smallest absolute Gasteiger partial charge is 0.293 e. The van der Waals surface area contributed by atoms with Crippen molar-refractivity contribution in [3.63, 3.8) is 0 Å². The number of benzene rings is 1. The van der Waals surface area contributed by atoms with Crippen molar-refractivity contribution >= 4 is 29.7 Å². The van der Waals surface area contributed by atoms with Crippen LogP contribution in [0, 0.1) is 22.0 Å². The van der Waals surface area contributed by atoms with Crippen molar-refractivity contribution in [2.24, 2.45) is 11.8 Å². The Hall–Kier alpha value is -1.86. The second-order valence-corrected chi connectivity index (χ2v) is 7.21. The highest BCUT2D eigenvalue weighted by atomic mass is 35.5. The van der Waals surface area contributed by atoms with Gasteiger partial charge in [0.2, 0.25) is 0 Å². The molecule has 1 aliphatic heterocycles. The van der Waals surface area contributed by atoms with Crippen LogP contribution in [0.25, 0.3) is 0 Å². The van der Waals surface area contributed by atoms with Crippen molar-refractivity contribution in [2.75, 3.05) is 31.6 Å². The Bertz CT molecular complexity index is 631. The number of nitro groups is 1. The molecule has 3 unspecified atom stereocenters. The molecule has 0 aromatic heterocycles. The van der Waals surface area contributed by atoms with E-state index in [1.807, 2.05) is 14.0 Å². The summed E-state index contributed by atoms with van der Waals surface area (Å²) in [4.78, 5) is 25.5. The summed E-state index contributed by atoms with van der Waals surface area (Å²) in [7, 11) is 1.82. The zero-order valence-electron chi connectivity index (χ0n) is 15.8. The number of carbonyl (C=O) groups is 1. The van der Waals surface area contributed by atoms with E-state index in [9.17, 15) is 14.9 Å². The van der Waals surface area contributed by atoms with Crippen LogP contribution in [0.5, 0.6) is 0 Å². The van der Waals surface area contributed by atoms with Gasteiger partial charge >= 0.3 is 0 Å². The highest BCUT2D eigenvalue weighted by Crippen LogP contribution is 2.33. The number of nitrogens with one attached hydrogen (secondary N) is 2. The molecule has 1 amide bonds. The van der Waals surface area contributed by atoms with Gasteiger partial charge in [-0.25, -0.2) is 0 Å². The van der Waals surface area contributed by atoms with Gasteiger partial charge in [-0.1, -0.05) is 13.8 Å². The highest BCUT2D eigenvalue weighted by molar-refractivity contribution is 5.95. The van der Waals surface area contributed by atoms with E-state index in [0.717, 1.165) is 19.5 Å². The molecule has 1 aliphatic rings. The SMILES string of the molecule is CNC(C)CNC(=O)c1ccc(N2CC(C)CC(C)C2)c([N+](=O)[O-])c1.Cl. The molecule has 7 nitrogen and oxygen atoms in total. The first-order chi connectivity index (χ1) is 11.8. The fourth-order valence-electron chi connectivity index (χ4n) is 3.39. The number of nitro benzene ring substituents is 1. The third-order valence-electron chi connectivity index (χ3n) is 4.71. The van der Waals surface area contributed by atoms with E-state index >= 15 is 0 Å². The standard InChI is InChI=1S/C18H28N4O3.ClH/c1-12-7-13(2)11-21(10-12)16-6-5-15(8-17(16)22(24)25)18(23)20-9-14(3)19-4;/h5-6,8,12-14,19H,7,9-11H2,1-4H3,(H,20,23);1H. The first-order valence-electron chi connectivity index (χ1n) is 8.80. The Morgan fingerprint density at radius 2 is 1.96 bits per heavy atom. The van der Waals surface area contributed by atoms with Gasteiger partial charge in [-0.2, -0.15) is 0 Å². The number of rotatable bonds is 6. The molecule has 0 aliphatic carbocycles. The van der Waals surface area contributed by atoms with Gasteiger partial charge in [0.1, 0.15) is 5.69 Å². The maximum atomic E-state index is 12.3. The van der Waals surface area contributed by atoms with E-state index < -0.39 is 4.92 Å². The van der Waals surface area contributed by atoms with Crippen molar-refractivity contribution in [1.29, 1.82) is 0 Å². The summed E-state index contributed by atoms with van der Waals surface area (Å²) < 4.78 is 0. The maximum Gasteiger partial charge on any atom is 0.293 e. The lowest BCUT2D eigenvalue weighted by atomic mass is 9.91. The molecule has 0 spiro atoms. The Labute approximate surface area is 161 Å². The van der Waals surface area contributed by atoms with Crippen molar-refractivity contribution in [1.82, 2.24) is 10.6 Å². The molecule has 0 saturated carbocycles. The first kappa shape index (κ1) is 22.2. The number of halogens is 1. The topological polar surface area (TPSA) is 87.5 Å². The number of hydrogen-bond donors (Lipinski definition) is 2. The van der Waals surface area contributed by atoms with Crippen LogP contribution < -0.4 is 15.5 Å². The molecule has 8 heteroatoms.